The summed E-state index contributed by atoms with van der Waals surface area (Å²) in [6.45, 7) is 0.800. The number of hydrogen-bond donors (Lipinski definition) is 2. The molecule has 9 nitrogen and oxygen atoms in total. The zero-order chi connectivity index (χ0) is 24.5. The van der Waals surface area contributed by atoms with Crippen molar-refractivity contribution in [3.63, 3.8) is 0 Å². The van der Waals surface area contributed by atoms with E-state index < -0.39 is 5.91 Å². The van der Waals surface area contributed by atoms with Gasteiger partial charge < -0.3 is 24.8 Å². The normalized spacial score (nSPS) is 13.3. The largest absolute Gasteiger partial charge is 0.491 e. The average molecular weight is 490 g/mol. The number of fused-ring (bicyclic) bond motifs is 1. The topological polar surface area (TPSA) is 108 Å². The van der Waals surface area contributed by atoms with E-state index >= 15 is 0 Å². The number of rotatable bonds is 10. The molecule has 0 aliphatic carbocycles. The number of aliphatic hydroxyl groups is 1. The average Bonchev–Trinajstić information content (AvgIpc) is 2.96. The van der Waals surface area contributed by atoms with Crippen LogP contribution in [0.2, 0.25) is 5.02 Å². The number of anilines is 1. The van der Waals surface area contributed by atoms with Crippen molar-refractivity contribution < 1.29 is 29.0 Å². The zero-order valence-corrected chi connectivity index (χ0v) is 19.7. The quantitative estimate of drug-likeness (QED) is 0.493. The summed E-state index contributed by atoms with van der Waals surface area (Å²) >= 11 is 6.35. The molecule has 34 heavy (non-hydrogen) atoms. The molecular weight excluding hydrogens is 462 g/mol. The molecular formula is C24H28ClN3O6. The van der Waals surface area contributed by atoms with E-state index in [1.54, 1.807) is 25.3 Å². The Hall–Kier alpha value is -3.14. The molecule has 0 spiro atoms. The fourth-order valence-electron chi connectivity index (χ4n) is 3.59. The number of aliphatic hydroxyl groups excluding tert-OH is 1. The highest BCUT2D eigenvalue weighted by Crippen LogP contribution is 2.30. The van der Waals surface area contributed by atoms with Crippen LogP contribution >= 0.6 is 11.6 Å². The van der Waals surface area contributed by atoms with Gasteiger partial charge in [0.25, 0.3) is 5.91 Å². The molecule has 0 atom stereocenters. The molecule has 0 radical (unpaired) electrons. The number of carbonyl (C=O) groups excluding carboxylic acids is 3. The number of carbonyl (C=O) groups is 3. The number of benzene rings is 2. The Bertz CT molecular complexity index is 1030. The first-order valence-corrected chi connectivity index (χ1v) is 11.3. The molecule has 2 N–H and O–H groups in total. The van der Waals surface area contributed by atoms with Crippen LogP contribution < -0.4 is 15.0 Å². The minimum absolute atomic E-state index is 0.105. The van der Waals surface area contributed by atoms with Crippen molar-refractivity contribution in [2.24, 2.45) is 0 Å². The van der Waals surface area contributed by atoms with Crippen molar-refractivity contribution >= 4 is 35.0 Å². The predicted octanol–water partition coefficient (Wildman–Crippen LogP) is 1.85. The van der Waals surface area contributed by atoms with Gasteiger partial charge in [0.1, 0.15) is 18.9 Å². The van der Waals surface area contributed by atoms with Gasteiger partial charge in [0.15, 0.2) is 0 Å². The van der Waals surface area contributed by atoms with E-state index in [1.165, 1.54) is 21.9 Å². The van der Waals surface area contributed by atoms with Crippen LogP contribution in [-0.4, -0.2) is 74.3 Å². The first-order valence-electron chi connectivity index (χ1n) is 10.9. The molecule has 0 bridgehead atoms. The van der Waals surface area contributed by atoms with Crippen LogP contribution in [-0.2, 0) is 20.9 Å². The van der Waals surface area contributed by atoms with Crippen molar-refractivity contribution in [2.45, 2.75) is 13.0 Å². The highest BCUT2D eigenvalue weighted by Gasteiger charge is 2.31. The Labute approximate surface area is 203 Å². The summed E-state index contributed by atoms with van der Waals surface area (Å²) in [5, 5.41) is 11.9. The molecule has 0 unspecified atom stereocenters. The molecule has 1 aliphatic heterocycles. The molecule has 1 aliphatic rings. The number of amides is 3. The van der Waals surface area contributed by atoms with Gasteiger partial charge in [0, 0.05) is 32.5 Å². The van der Waals surface area contributed by atoms with E-state index in [-0.39, 0.29) is 55.2 Å². The molecule has 10 heteroatoms. The molecule has 0 fully saturated rings. The fraction of sp³-hybridized carbons (Fsp3) is 0.375. The van der Waals surface area contributed by atoms with E-state index in [2.05, 4.69) is 5.32 Å². The maximum Gasteiger partial charge on any atom is 0.260 e. The summed E-state index contributed by atoms with van der Waals surface area (Å²) in [5.74, 6) is -0.644. The lowest BCUT2D eigenvalue weighted by Gasteiger charge is -2.23. The van der Waals surface area contributed by atoms with Gasteiger partial charge in [-0.1, -0.05) is 29.8 Å². The summed E-state index contributed by atoms with van der Waals surface area (Å²) in [7, 11) is 1.59. The summed E-state index contributed by atoms with van der Waals surface area (Å²) in [5.41, 5.74) is 1.54. The van der Waals surface area contributed by atoms with E-state index in [9.17, 15) is 14.4 Å². The van der Waals surface area contributed by atoms with Gasteiger partial charge in [-0.2, -0.15) is 0 Å². The van der Waals surface area contributed by atoms with Gasteiger partial charge in [0.05, 0.1) is 23.7 Å². The summed E-state index contributed by atoms with van der Waals surface area (Å²) in [6, 6.07) is 11.8. The lowest BCUT2D eigenvalue weighted by atomic mass is 10.1. The molecule has 0 aromatic heterocycles. The first-order chi connectivity index (χ1) is 16.4. The lowest BCUT2D eigenvalue weighted by molar-refractivity contribution is -0.135. The van der Waals surface area contributed by atoms with E-state index in [4.69, 9.17) is 26.2 Å². The van der Waals surface area contributed by atoms with Gasteiger partial charge in [0.2, 0.25) is 11.8 Å². The van der Waals surface area contributed by atoms with Crippen LogP contribution in [0.1, 0.15) is 22.3 Å². The Balaban J connectivity index is 1.79. The van der Waals surface area contributed by atoms with Crippen molar-refractivity contribution in [2.75, 3.05) is 51.5 Å². The van der Waals surface area contributed by atoms with E-state index in [0.29, 0.717) is 31.0 Å². The summed E-state index contributed by atoms with van der Waals surface area (Å²) in [6.07, 6.45) is 0.673. The van der Waals surface area contributed by atoms with Crippen LogP contribution in [0.25, 0.3) is 0 Å². The second-order valence-corrected chi connectivity index (χ2v) is 8.09. The van der Waals surface area contributed by atoms with Gasteiger partial charge >= 0.3 is 0 Å². The molecule has 182 valence electrons. The third-order valence-corrected chi connectivity index (χ3v) is 5.56. The number of nitrogens with one attached hydrogen (secondary N) is 1. The number of para-hydroxylation sites is 1. The van der Waals surface area contributed by atoms with E-state index in [1.807, 2.05) is 12.1 Å². The number of halogens is 1. The van der Waals surface area contributed by atoms with Gasteiger partial charge in [-0.15, -0.1) is 0 Å². The van der Waals surface area contributed by atoms with Crippen LogP contribution in [0.3, 0.4) is 0 Å². The van der Waals surface area contributed by atoms with Crippen LogP contribution in [0, 0.1) is 0 Å². The molecule has 1 heterocycles. The van der Waals surface area contributed by atoms with Crippen LogP contribution in [0.4, 0.5) is 5.69 Å². The van der Waals surface area contributed by atoms with Gasteiger partial charge in [-0.25, -0.2) is 0 Å². The fourth-order valence-corrected chi connectivity index (χ4v) is 3.84. The Kier molecular flexibility index (Phi) is 9.26. The second-order valence-electron chi connectivity index (χ2n) is 7.68. The third-order valence-electron chi connectivity index (χ3n) is 5.25. The highest BCUT2D eigenvalue weighted by atomic mass is 35.5. The molecule has 2 aromatic rings. The standard InChI is InChI=1S/C24H28ClN3O6/c1-33-11-4-9-26-22(30)15-27-14-17-5-2-3-6-21(17)28(16-23(27)31)24(32)19-8-7-18(13-20(19)25)34-12-10-29/h2-3,5-8,13,29H,4,9-12,14-16H2,1H3,(H,26,30). The van der Waals surface area contributed by atoms with Crippen molar-refractivity contribution in [3.8, 4) is 5.75 Å². The Morgan fingerprint density at radius 1 is 1.15 bits per heavy atom. The highest BCUT2D eigenvalue weighted by molar-refractivity contribution is 6.34. The SMILES string of the molecule is COCCCNC(=O)CN1Cc2ccccc2N(C(=O)c2ccc(OCCO)cc2Cl)CC1=O. The minimum atomic E-state index is -0.439. The predicted molar refractivity (Wildman–Crippen MR) is 127 cm³/mol. The number of ether oxygens (including phenoxy) is 2. The monoisotopic (exact) mass is 489 g/mol. The molecule has 0 saturated heterocycles. The molecule has 3 amide bonds. The van der Waals surface area contributed by atoms with Crippen molar-refractivity contribution in [3.05, 3.63) is 58.6 Å². The number of methoxy groups -OCH3 is 1. The van der Waals surface area contributed by atoms with Crippen LogP contribution in [0.5, 0.6) is 5.75 Å². The number of nitrogens with zero attached hydrogens (tertiary/aromatic N) is 2. The first kappa shape index (κ1) is 25.5. The summed E-state index contributed by atoms with van der Waals surface area (Å²) in [4.78, 5) is 41.7. The van der Waals surface area contributed by atoms with Gasteiger partial charge in [-0.3, -0.25) is 19.3 Å². The maximum atomic E-state index is 13.4. The van der Waals surface area contributed by atoms with Crippen molar-refractivity contribution in [1.82, 2.24) is 10.2 Å². The minimum Gasteiger partial charge on any atom is -0.491 e. The van der Waals surface area contributed by atoms with Gasteiger partial charge in [-0.05, 0) is 36.2 Å². The lowest BCUT2D eigenvalue weighted by Crippen LogP contribution is -2.44. The zero-order valence-electron chi connectivity index (χ0n) is 19.0. The van der Waals surface area contributed by atoms with E-state index in [0.717, 1.165) is 5.56 Å². The molecule has 0 saturated carbocycles. The van der Waals surface area contributed by atoms with Crippen LogP contribution in [0.15, 0.2) is 42.5 Å². The molecule has 2 aromatic carbocycles. The van der Waals surface area contributed by atoms with Crippen molar-refractivity contribution in [1.29, 1.82) is 0 Å². The Morgan fingerprint density at radius 3 is 2.68 bits per heavy atom. The number of hydrogen-bond acceptors (Lipinski definition) is 6. The summed E-state index contributed by atoms with van der Waals surface area (Å²) < 4.78 is 10.3. The molecule has 3 rings (SSSR count). The second kappa shape index (κ2) is 12.4. The third kappa shape index (κ3) is 6.47. The maximum absolute atomic E-state index is 13.4. The smallest absolute Gasteiger partial charge is 0.260 e. The Morgan fingerprint density at radius 2 is 1.94 bits per heavy atom.